The van der Waals surface area contributed by atoms with Gasteiger partial charge in [0.25, 0.3) is 5.91 Å². The summed E-state index contributed by atoms with van der Waals surface area (Å²) in [4.78, 5) is 40.9. The minimum Gasteiger partial charge on any atom is -0.492 e. The third-order valence-electron chi connectivity index (χ3n) is 8.09. The van der Waals surface area contributed by atoms with Gasteiger partial charge in [0.05, 0.1) is 25.3 Å². The van der Waals surface area contributed by atoms with Crippen LogP contribution in [-0.4, -0.2) is 107 Å². The summed E-state index contributed by atoms with van der Waals surface area (Å²) in [6.07, 6.45) is 0.804. The van der Waals surface area contributed by atoms with Crippen LogP contribution in [0, 0.1) is 0 Å². The number of ether oxygens (including phenoxy) is 1. The molecule has 3 amide bonds. The number of nitrogens with two attached hydrogens (primary N) is 2. The molecule has 4 heterocycles. The molecule has 0 aliphatic carbocycles. The van der Waals surface area contributed by atoms with Crippen molar-refractivity contribution in [2.45, 2.75) is 55.3 Å². The smallest absolute Gasteiger partial charge is 0.341 e. The highest BCUT2D eigenvalue weighted by molar-refractivity contribution is 5.98. The lowest BCUT2D eigenvalue weighted by Gasteiger charge is -2.49. The second-order valence-corrected chi connectivity index (χ2v) is 10.8. The third kappa shape index (κ3) is 3.99. The first-order valence-corrected chi connectivity index (χ1v) is 12.6. The van der Waals surface area contributed by atoms with Crippen molar-refractivity contribution in [1.82, 2.24) is 25.9 Å². The average Bonchev–Trinajstić information content (AvgIpc) is 3.35. The fourth-order valence-corrected chi connectivity index (χ4v) is 5.82. The summed E-state index contributed by atoms with van der Waals surface area (Å²) < 4.78 is 5.88. The predicted molar refractivity (Wildman–Crippen MR) is 140 cm³/mol. The standard InChI is InChI=1S/C24H35N9O6/c1-22(2)8-9-39-16-12(6-5-7-13(16)22)18(34)29-15-11-33-20(26)28-14(10-27-21(35)32(3)38-4)17-23(33,24(15,36)37)31-19(25)30-17/h5-7,14-15,17,36-37H,8-11H2,1-4H3,(H2,26,28)(H,27,35)(H,29,34)(H3,25,30,31)/t14-,15?,17-,23-/m0/s1. The van der Waals surface area contributed by atoms with Crippen molar-refractivity contribution < 1.29 is 29.4 Å². The minimum absolute atomic E-state index is 0.0330. The van der Waals surface area contributed by atoms with Gasteiger partial charge in [-0.05, 0) is 17.9 Å². The number of nitrogens with one attached hydrogen (secondary N) is 3. The van der Waals surface area contributed by atoms with E-state index in [0.717, 1.165) is 17.0 Å². The van der Waals surface area contributed by atoms with Gasteiger partial charge >= 0.3 is 6.03 Å². The maximum Gasteiger partial charge on any atom is 0.341 e. The molecule has 0 aromatic heterocycles. The molecule has 1 aromatic rings. The maximum atomic E-state index is 13.5. The van der Waals surface area contributed by atoms with Crippen LogP contribution in [0.2, 0.25) is 0 Å². The second-order valence-electron chi connectivity index (χ2n) is 10.8. The summed E-state index contributed by atoms with van der Waals surface area (Å²) in [5, 5.41) is 32.5. The number of rotatable bonds is 5. The molecular weight excluding hydrogens is 510 g/mol. The van der Waals surface area contributed by atoms with Crippen molar-refractivity contribution in [1.29, 1.82) is 0 Å². The van der Waals surface area contributed by atoms with E-state index in [0.29, 0.717) is 12.4 Å². The van der Waals surface area contributed by atoms with Gasteiger partial charge in [0.1, 0.15) is 17.8 Å². The molecule has 1 saturated heterocycles. The molecule has 4 aliphatic rings. The minimum atomic E-state index is -2.61. The molecule has 0 radical (unpaired) electrons. The number of aliphatic hydroxyl groups is 2. The summed E-state index contributed by atoms with van der Waals surface area (Å²) in [7, 11) is 2.77. The summed E-state index contributed by atoms with van der Waals surface area (Å²) in [6, 6.07) is 1.79. The Balaban J connectivity index is 1.43. The van der Waals surface area contributed by atoms with E-state index in [1.807, 2.05) is 6.07 Å². The highest BCUT2D eigenvalue weighted by Crippen LogP contribution is 2.45. The molecule has 1 fully saturated rings. The number of carbonyl (C=O) groups excluding carboxylic acids is 2. The lowest BCUT2D eigenvalue weighted by Crippen LogP contribution is -2.78. The number of nitrogens with zero attached hydrogens (tertiary/aromatic N) is 4. The number of para-hydroxylation sites is 1. The van der Waals surface area contributed by atoms with Crippen LogP contribution in [-0.2, 0) is 10.3 Å². The maximum absolute atomic E-state index is 13.5. The normalized spacial score (nSPS) is 29.5. The lowest BCUT2D eigenvalue weighted by molar-refractivity contribution is -0.230. The highest BCUT2D eigenvalue weighted by Gasteiger charge is 2.73. The van der Waals surface area contributed by atoms with Gasteiger partial charge in [-0.3, -0.25) is 9.63 Å². The van der Waals surface area contributed by atoms with Crippen LogP contribution >= 0.6 is 0 Å². The van der Waals surface area contributed by atoms with Crippen LogP contribution in [0.1, 0.15) is 36.2 Å². The van der Waals surface area contributed by atoms with E-state index in [1.54, 1.807) is 12.1 Å². The summed E-state index contributed by atoms with van der Waals surface area (Å²) >= 11 is 0. The Bertz CT molecular complexity index is 1250. The van der Waals surface area contributed by atoms with Gasteiger partial charge in [-0.1, -0.05) is 26.0 Å². The van der Waals surface area contributed by atoms with Crippen molar-refractivity contribution in [3.63, 3.8) is 0 Å². The molecule has 15 heteroatoms. The zero-order valence-electron chi connectivity index (χ0n) is 22.3. The predicted octanol–water partition coefficient (Wildman–Crippen LogP) is -2.28. The number of urea groups is 1. The number of benzene rings is 1. The number of guanidine groups is 2. The molecule has 9 N–H and O–H groups in total. The Morgan fingerprint density at radius 2 is 2.05 bits per heavy atom. The Labute approximate surface area is 225 Å². The zero-order valence-corrected chi connectivity index (χ0v) is 22.3. The first kappa shape index (κ1) is 26.8. The molecule has 1 spiro atoms. The number of hydrogen-bond acceptors (Lipinski definition) is 12. The van der Waals surface area contributed by atoms with E-state index in [-0.39, 0.29) is 36.0 Å². The van der Waals surface area contributed by atoms with Crippen LogP contribution < -0.4 is 32.2 Å². The number of aliphatic imine (C=N–C) groups is 2. The van der Waals surface area contributed by atoms with Crippen LogP contribution in [0.5, 0.6) is 5.75 Å². The Morgan fingerprint density at radius 3 is 2.77 bits per heavy atom. The Morgan fingerprint density at radius 1 is 1.31 bits per heavy atom. The zero-order chi connectivity index (χ0) is 28.3. The summed E-state index contributed by atoms with van der Waals surface area (Å²) in [6.45, 7) is 4.47. The van der Waals surface area contributed by atoms with Gasteiger partial charge in [0.2, 0.25) is 5.79 Å². The second kappa shape index (κ2) is 9.14. The fraction of sp³-hybridized carbons (Fsp3) is 0.583. The van der Waals surface area contributed by atoms with E-state index >= 15 is 0 Å². The molecule has 212 valence electrons. The van der Waals surface area contributed by atoms with E-state index in [4.69, 9.17) is 21.0 Å². The quantitative estimate of drug-likeness (QED) is 0.156. The number of hydroxylamine groups is 2. The van der Waals surface area contributed by atoms with Gasteiger partial charge in [0.15, 0.2) is 17.6 Å². The Kier molecular flexibility index (Phi) is 6.27. The van der Waals surface area contributed by atoms with Crippen molar-refractivity contribution in [2.24, 2.45) is 21.5 Å². The highest BCUT2D eigenvalue weighted by atomic mass is 16.7. The third-order valence-corrected chi connectivity index (χ3v) is 8.09. The first-order chi connectivity index (χ1) is 18.3. The molecule has 4 aliphatic heterocycles. The summed E-state index contributed by atoms with van der Waals surface area (Å²) in [5.41, 5.74) is 11.6. The largest absolute Gasteiger partial charge is 0.492 e. The van der Waals surface area contributed by atoms with Gasteiger partial charge in [-0.15, -0.1) is 0 Å². The number of hydrogen-bond donors (Lipinski definition) is 7. The van der Waals surface area contributed by atoms with Gasteiger partial charge in [-0.2, -0.15) is 0 Å². The molecule has 39 heavy (non-hydrogen) atoms. The molecule has 4 atom stereocenters. The van der Waals surface area contributed by atoms with Crippen LogP contribution in [0.3, 0.4) is 0 Å². The van der Waals surface area contributed by atoms with E-state index in [2.05, 4.69) is 39.8 Å². The molecule has 1 unspecified atom stereocenters. The van der Waals surface area contributed by atoms with Gasteiger partial charge in [0, 0.05) is 25.7 Å². The molecule has 15 nitrogen and oxygen atoms in total. The van der Waals surface area contributed by atoms with Crippen LogP contribution in [0.15, 0.2) is 28.2 Å². The SMILES string of the molecule is CON(C)C(=O)NC[C@@H]1N=C(N)N2CC(NC(=O)c3cccc4c3OCCC4(C)C)C(O)(O)[C@@]23NC(N)=N[C@@H]13. The van der Waals surface area contributed by atoms with Gasteiger partial charge < -0.3 is 47.3 Å². The van der Waals surface area contributed by atoms with Crippen molar-refractivity contribution in [2.75, 3.05) is 33.9 Å². The molecule has 0 bridgehead atoms. The molecule has 5 rings (SSSR count). The van der Waals surface area contributed by atoms with Crippen molar-refractivity contribution in [3.05, 3.63) is 29.3 Å². The molecule has 1 aromatic carbocycles. The monoisotopic (exact) mass is 545 g/mol. The van der Waals surface area contributed by atoms with Crippen LogP contribution in [0.25, 0.3) is 0 Å². The topological polar surface area (TPSA) is 212 Å². The fourth-order valence-electron chi connectivity index (χ4n) is 5.82. The Hall–Kier alpha value is -3.82. The number of amides is 3. The molecule has 0 saturated carbocycles. The van der Waals surface area contributed by atoms with Crippen LogP contribution in [0.4, 0.5) is 4.79 Å². The van der Waals surface area contributed by atoms with Crippen molar-refractivity contribution in [3.8, 4) is 5.75 Å². The summed E-state index contributed by atoms with van der Waals surface area (Å²) in [5.74, 6) is -2.77. The average molecular weight is 546 g/mol. The lowest BCUT2D eigenvalue weighted by atomic mass is 9.79. The van der Waals surface area contributed by atoms with Gasteiger partial charge in [-0.25, -0.2) is 19.8 Å². The van der Waals surface area contributed by atoms with E-state index in [9.17, 15) is 19.8 Å². The first-order valence-electron chi connectivity index (χ1n) is 12.6. The van der Waals surface area contributed by atoms with Crippen molar-refractivity contribution >= 4 is 23.9 Å². The van der Waals surface area contributed by atoms with E-state index in [1.165, 1.54) is 19.1 Å². The molecular formula is C24H35N9O6. The van der Waals surface area contributed by atoms with E-state index < -0.39 is 41.5 Å². The number of fused-ring (bicyclic) bond motifs is 1. The number of carbonyl (C=O) groups is 2.